The summed E-state index contributed by atoms with van der Waals surface area (Å²) < 4.78 is 25.2. The van der Waals surface area contributed by atoms with E-state index in [4.69, 9.17) is 23.2 Å². The van der Waals surface area contributed by atoms with Gasteiger partial charge in [0.05, 0.1) is 4.90 Å². The van der Waals surface area contributed by atoms with E-state index in [2.05, 4.69) is 5.32 Å². The third-order valence-corrected chi connectivity index (χ3v) is 7.91. The largest absolute Gasteiger partial charge is 0.324 e. The number of hydrogen-bond donors (Lipinski definition) is 1. The van der Waals surface area contributed by atoms with Crippen molar-refractivity contribution < 1.29 is 13.2 Å². The molecule has 0 aliphatic heterocycles. The van der Waals surface area contributed by atoms with E-state index in [1.165, 1.54) is 24.3 Å². The lowest BCUT2D eigenvalue weighted by Crippen LogP contribution is -2.47. The summed E-state index contributed by atoms with van der Waals surface area (Å²) in [7, 11) is -3.86. The zero-order chi connectivity index (χ0) is 18.9. The molecule has 0 saturated heterocycles. The molecule has 2 aromatic carbocycles. The van der Waals surface area contributed by atoms with Crippen LogP contribution in [0.1, 0.15) is 31.2 Å². The highest BCUT2D eigenvalue weighted by molar-refractivity contribution is 7.93. The second-order valence-corrected chi connectivity index (χ2v) is 9.70. The first-order valence-corrected chi connectivity index (χ1v) is 10.6. The Balaban J connectivity index is 2.01. The van der Waals surface area contributed by atoms with Crippen LogP contribution in [-0.4, -0.2) is 19.1 Å². The predicted molar refractivity (Wildman–Crippen MR) is 105 cm³/mol. The molecule has 1 fully saturated rings. The molecule has 2 aromatic rings. The van der Waals surface area contributed by atoms with Crippen LogP contribution in [0.3, 0.4) is 0 Å². The molecule has 4 nitrogen and oxygen atoms in total. The van der Waals surface area contributed by atoms with Crippen molar-refractivity contribution in [2.24, 2.45) is 0 Å². The van der Waals surface area contributed by atoms with Gasteiger partial charge >= 0.3 is 0 Å². The fourth-order valence-corrected chi connectivity index (χ4v) is 5.73. The number of carbonyl (C=O) groups excluding carboxylic acids is 1. The summed E-state index contributed by atoms with van der Waals surface area (Å²) in [6, 6.07) is 11.1. The Morgan fingerprint density at radius 3 is 2.19 bits per heavy atom. The van der Waals surface area contributed by atoms with Crippen LogP contribution in [0, 0.1) is 6.92 Å². The molecule has 1 N–H and O–H groups in total. The van der Waals surface area contributed by atoms with Crippen molar-refractivity contribution in [2.75, 3.05) is 5.32 Å². The molecule has 0 atom stereocenters. The topological polar surface area (TPSA) is 63.2 Å². The Kier molecular flexibility index (Phi) is 5.33. The van der Waals surface area contributed by atoms with Gasteiger partial charge in [-0.05, 0) is 61.7 Å². The number of anilines is 1. The summed E-state index contributed by atoms with van der Waals surface area (Å²) in [6.07, 6.45) is 1.97. The fourth-order valence-electron chi connectivity index (χ4n) is 3.37. The number of hydrogen-bond acceptors (Lipinski definition) is 3. The van der Waals surface area contributed by atoms with Gasteiger partial charge in [-0.25, -0.2) is 8.42 Å². The Labute approximate surface area is 163 Å². The van der Waals surface area contributed by atoms with Crippen molar-refractivity contribution in [2.45, 2.75) is 42.2 Å². The highest BCUT2D eigenvalue weighted by Gasteiger charge is 2.53. The smallest absolute Gasteiger partial charge is 0.246 e. The Morgan fingerprint density at radius 1 is 1.00 bits per heavy atom. The molecule has 0 heterocycles. The van der Waals surface area contributed by atoms with Crippen LogP contribution in [0.4, 0.5) is 5.69 Å². The maximum atomic E-state index is 13.3. The van der Waals surface area contributed by atoms with E-state index in [1.807, 2.05) is 6.92 Å². The second kappa shape index (κ2) is 7.22. The lowest BCUT2D eigenvalue weighted by molar-refractivity contribution is -0.118. The summed E-state index contributed by atoms with van der Waals surface area (Å²) in [5, 5.41) is 3.72. The quantitative estimate of drug-likeness (QED) is 0.767. The molecule has 1 aliphatic carbocycles. The van der Waals surface area contributed by atoms with Crippen LogP contribution in [0.25, 0.3) is 0 Å². The van der Waals surface area contributed by atoms with E-state index in [0.29, 0.717) is 41.4 Å². The minimum atomic E-state index is -3.86. The maximum Gasteiger partial charge on any atom is 0.246 e. The van der Waals surface area contributed by atoms with Gasteiger partial charge < -0.3 is 5.32 Å². The first-order chi connectivity index (χ1) is 12.3. The van der Waals surface area contributed by atoms with Crippen molar-refractivity contribution in [1.29, 1.82) is 0 Å². The number of amides is 1. The number of carbonyl (C=O) groups is 1. The van der Waals surface area contributed by atoms with E-state index >= 15 is 0 Å². The molecule has 3 rings (SSSR count). The lowest BCUT2D eigenvalue weighted by Gasteiger charge is -2.28. The molecule has 7 heteroatoms. The number of halogens is 2. The highest BCUT2D eigenvalue weighted by atomic mass is 35.5. The Bertz CT molecular complexity index is 934. The lowest BCUT2D eigenvalue weighted by atomic mass is 10.1. The Morgan fingerprint density at radius 2 is 1.58 bits per heavy atom. The number of nitrogens with one attached hydrogen (secondary N) is 1. The number of sulfone groups is 1. The zero-order valence-corrected chi connectivity index (χ0v) is 16.6. The third-order valence-electron chi connectivity index (χ3n) is 4.91. The molecule has 0 unspecified atom stereocenters. The summed E-state index contributed by atoms with van der Waals surface area (Å²) in [5.41, 5.74) is 1.35. The molecular formula is C19H19Cl2NO3S. The maximum absolute atomic E-state index is 13.3. The molecule has 0 aromatic heterocycles. The summed E-state index contributed by atoms with van der Waals surface area (Å²) in [4.78, 5) is 13.2. The normalized spacial score (nSPS) is 16.4. The summed E-state index contributed by atoms with van der Waals surface area (Å²) in [5.74, 6) is -0.504. The number of benzene rings is 2. The van der Waals surface area contributed by atoms with Crippen molar-refractivity contribution in [3.8, 4) is 0 Å². The van der Waals surface area contributed by atoms with Gasteiger partial charge in [-0.1, -0.05) is 42.1 Å². The van der Waals surface area contributed by atoms with Crippen LogP contribution in [-0.2, 0) is 14.6 Å². The number of rotatable bonds is 4. The van der Waals surface area contributed by atoms with Crippen molar-refractivity contribution >= 4 is 44.6 Å². The monoisotopic (exact) mass is 411 g/mol. The third kappa shape index (κ3) is 3.36. The standard InChI is InChI=1S/C19H19Cl2NO3S/c1-13-4-5-15(21)12-17(13)22-18(23)19(10-2-3-11-19)26(24,25)16-8-6-14(20)7-9-16/h4-9,12H,2-3,10-11H2,1H3,(H,22,23). The summed E-state index contributed by atoms with van der Waals surface area (Å²) >= 11 is 11.9. The fraction of sp³-hybridized carbons (Fsp3) is 0.316. The summed E-state index contributed by atoms with van der Waals surface area (Å²) in [6.45, 7) is 1.83. The van der Waals surface area contributed by atoms with Crippen molar-refractivity contribution in [1.82, 2.24) is 0 Å². The minimum Gasteiger partial charge on any atom is -0.324 e. The average molecular weight is 412 g/mol. The van der Waals surface area contributed by atoms with E-state index < -0.39 is 20.5 Å². The van der Waals surface area contributed by atoms with Gasteiger partial charge in [0.25, 0.3) is 0 Å². The van der Waals surface area contributed by atoms with Crippen LogP contribution >= 0.6 is 23.2 Å². The van der Waals surface area contributed by atoms with Crippen molar-refractivity contribution in [3.05, 3.63) is 58.1 Å². The van der Waals surface area contributed by atoms with Gasteiger partial charge in [-0.15, -0.1) is 0 Å². The van der Waals surface area contributed by atoms with Gasteiger partial charge in [0.2, 0.25) is 5.91 Å². The van der Waals surface area contributed by atoms with Gasteiger partial charge in [0.15, 0.2) is 14.6 Å². The molecule has 1 amide bonds. The predicted octanol–water partition coefficient (Wildman–Crippen LogP) is 5.03. The zero-order valence-electron chi connectivity index (χ0n) is 14.3. The average Bonchev–Trinajstić information content (AvgIpc) is 3.10. The molecule has 1 aliphatic rings. The van der Waals surface area contributed by atoms with Gasteiger partial charge in [-0.2, -0.15) is 0 Å². The molecule has 0 spiro atoms. The second-order valence-electron chi connectivity index (χ2n) is 6.57. The van der Waals surface area contributed by atoms with Crippen LogP contribution < -0.4 is 5.32 Å². The van der Waals surface area contributed by atoms with E-state index in [1.54, 1.807) is 18.2 Å². The highest BCUT2D eigenvalue weighted by Crippen LogP contribution is 2.42. The van der Waals surface area contributed by atoms with Crippen LogP contribution in [0.2, 0.25) is 10.0 Å². The Hall–Kier alpha value is -1.56. The molecule has 138 valence electrons. The van der Waals surface area contributed by atoms with Gasteiger partial charge in [-0.3, -0.25) is 4.79 Å². The van der Waals surface area contributed by atoms with Gasteiger partial charge in [0.1, 0.15) is 0 Å². The number of aryl methyl sites for hydroxylation is 1. The van der Waals surface area contributed by atoms with Gasteiger partial charge in [0, 0.05) is 15.7 Å². The SMILES string of the molecule is Cc1ccc(Cl)cc1NC(=O)C1(S(=O)(=O)c2ccc(Cl)cc2)CCCC1. The van der Waals surface area contributed by atoms with Crippen LogP contribution in [0.5, 0.6) is 0 Å². The van der Waals surface area contributed by atoms with Crippen LogP contribution in [0.15, 0.2) is 47.4 Å². The first kappa shape index (κ1) is 19.2. The van der Waals surface area contributed by atoms with Crippen molar-refractivity contribution in [3.63, 3.8) is 0 Å². The minimum absolute atomic E-state index is 0.113. The molecule has 1 saturated carbocycles. The molecular weight excluding hydrogens is 393 g/mol. The first-order valence-electron chi connectivity index (χ1n) is 8.34. The molecule has 26 heavy (non-hydrogen) atoms. The van der Waals surface area contributed by atoms with E-state index in [0.717, 1.165) is 5.56 Å². The van der Waals surface area contributed by atoms with E-state index in [-0.39, 0.29) is 4.90 Å². The van der Waals surface area contributed by atoms with E-state index in [9.17, 15) is 13.2 Å². The molecule has 0 radical (unpaired) electrons. The molecule has 0 bridgehead atoms.